The first kappa shape index (κ1) is 14.1. The largest absolute Gasteiger partial charge is 0.523 e. The fourth-order valence-corrected chi connectivity index (χ4v) is 1.62. The second-order valence-corrected chi connectivity index (χ2v) is 5.27. The fourth-order valence-electron chi connectivity index (χ4n) is 0.541. The Morgan fingerprint density at radius 2 is 1.93 bits per heavy atom. The number of hydrogen-bond donors (Lipinski definition) is 0. The number of hydrogen-bond acceptors (Lipinski definition) is 4. The van der Waals surface area contributed by atoms with Gasteiger partial charge in [-0.15, -0.1) is 0 Å². The van der Waals surface area contributed by atoms with Crippen molar-refractivity contribution in [2.45, 2.75) is 18.9 Å². The molecule has 3 nitrogen and oxygen atoms in total. The molecule has 0 spiro atoms. The van der Waals surface area contributed by atoms with Crippen LogP contribution in [0.15, 0.2) is 0 Å². The van der Waals surface area contributed by atoms with Gasteiger partial charge in [0.2, 0.25) is 0 Å². The average molecular weight is 252 g/mol. The van der Waals surface area contributed by atoms with E-state index in [-0.39, 0.29) is 6.42 Å². The molecule has 0 saturated heterocycles. The Morgan fingerprint density at radius 3 is 2.36 bits per heavy atom. The molecule has 0 aromatic carbocycles. The molecule has 0 aromatic heterocycles. The van der Waals surface area contributed by atoms with E-state index in [1.807, 2.05) is 6.92 Å². The minimum absolute atomic E-state index is 0.286. The van der Waals surface area contributed by atoms with Crippen LogP contribution in [0.4, 0.5) is 13.2 Å². The zero-order chi connectivity index (χ0) is 11.2. The van der Waals surface area contributed by atoms with E-state index in [1.54, 1.807) is 0 Å². The number of alkyl halides is 3. The summed E-state index contributed by atoms with van der Waals surface area (Å²) in [4.78, 5) is 0. The van der Waals surface area contributed by atoms with Crippen molar-refractivity contribution < 1.29 is 25.8 Å². The maximum Gasteiger partial charge on any atom is 0.523 e. The van der Waals surface area contributed by atoms with Gasteiger partial charge >= 0.3 is 15.6 Å². The third kappa shape index (κ3) is 5.06. The lowest BCUT2D eigenvalue weighted by atomic mass is 10.5. The summed E-state index contributed by atoms with van der Waals surface area (Å²) < 4.78 is 59.5. The smallest absolute Gasteiger partial charge is 0.263 e. The molecule has 0 rings (SSSR count). The lowest BCUT2D eigenvalue weighted by Crippen LogP contribution is -2.26. The lowest BCUT2D eigenvalue weighted by Gasteiger charge is -2.07. The highest BCUT2D eigenvalue weighted by Crippen LogP contribution is 2.24. The summed E-state index contributed by atoms with van der Waals surface area (Å²) in [5.41, 5.74) is -5.31. The van der Waals surface area contributed by atoms with Crippen molar-refractivity contribution in [1.82, 2.24) is 0 Å². The average Bonchev–Trinajstić information content (AvgIpc) is 2.02. The van der Waals surface area contributed by atoms with E-state index in [0.717, 1.165) is 5.75 Å². The molecule has 0 amide bonds. The molecule has 0 aromatic rings. The molecular formula is C6H11F3O3S2. The topological polar surface area (TPSA) is 43.4 Å². The van der Waals surface area contributed by atoms with E-state index in [2.05, 4.69) is 4.18 Å². The van der Waals surface area contributed by atoms with Crippen LogP contribution in [0.1, 0.15) is 13.3 Å². The highest BCUT2D eigenvalue weighted by Gasteiger charge is 2.47. The van der Waals surface area contributed by atoms with Crippen LogP contribution < -0.4 is 0 Å². The zero-order valence-electron chi connectivity index (χ0n) is 7.50. The van der Waals surface area contributed by atoms with Crippen molar-refractivity contribution >= 4 is 21.9 Å². The summed E-state index contributed by atoms with van der Waals surface area (Å²) in [6.07, 6.45) is 0.286. The zero-order valence-corrected chi connectivity index (χ0v) is 9.14. The van der Waals surface area contributed by atoms with Crippen LogP contribution in [0.2, 0.25) is 0 Å². The predicted octanol–water partition coefficient (Wildman–Crippen LogP) is 2.00. The second kappa shape index (κ2) is 5.82. The van der Waals surface area contributed by atoms with Gasteiger partial charge in [0.05, 0.1) is 6.61 Å². The minimum atomic E-state index is -5.39. The van der Waals surface area contributed by atoms with Crippen molar-refractivity contribution in [2.24, 2.45) is 0 Å². The van der Waals surface area contributed by atoms with Crippen LogP contribution in [0.25, 0.3) is 0 Å². The van der Waals surface area contributed by atoms with Crippen molar-refractivity contribution in [1.29, 1.82) is 0 Å². The molecule has 0 atom stereocenters. The molecule has 0 aliphatic heterocycles. The molecule has 0 heterocycles. The Bertz CT molecular complexity index is 248. The first-order valence-corrected chi connectivity index (χ1v) is 6.41. The van der Waals surface area contributed by atoms with E-state index in [4.69, 9.17) is 0 Å². The normalized spacial score (nSPS) is 13.1. The summed E-state index contributed by atoms with van der Waals surface area (Å²) in [6.45, 7) is 1.48. The van der Waals surface area contributed by atoms with Crippen LogP contribution in [0.3, 0.4) is 0 Å². The van der Waals surface area contributed by atoms with Gasteiger partial charge in [-0.3, -0.25) is 4.18 Å². The quantitative estimate of drug-likeness (QED) is 0.412. The molecule has 0 saturated carbocycles. The molecule has 0 aliphatic rings. The van der Waals surface area contributed by atoms with Gasteiger partial charge in [-0.2, -0.15) is 33.4 Å². The molecule has 86 valence electrons. The molecule has 0 aliphatic carbocycles. The molecule has 0 fully saturated rings. The maximum atomic E-state index is 11.7. The summed E-state index contributed by atoms with van der Waals surface area (Å²) in [7, 11) is -5.39. The Balaban J connectivity index is 3.80. The molecule has 0 unspecified atom stereocenters. The molecule has 0 radical (unpaired) electrons. The highest BCUT2D eigenvalue weighted by atomic mass is 32.2. The lowest BCUT2D eigenvalue weighted by molar-refractivity contribution is -0.0541. The highest BCUT2D eigenvalue weighted by molar-refractivity contribution is 7.99. The summed E-state index contributed by atoms with van der Waals surface area (Å²) >= 11 is 1.51. The second-order valence-electron chi connectivity index (χ2n) is 2.27. The Hall–Kier alpha value is 0.0500. The monoisotopic (exact) mass is 252 g/mol. The van der Waals surface area contributed by atoms with Gasteiger partial charge < -0.3 is 0 Å². The van der Waals surface area contributed by atoms with Gasteiger partial charge in [0.15, 0.2) is 0 Å². The van der Waals surface area contributed by atoms with E-state index in [0.29, 0.717) is 5.75 Å². The molecular weight excluding hydrogens is 241 g/mol. The van der Waals surface area contributed by atoms with Crippen molar-refractivity contribution in [2.75, 3.05) is 18.1 Å². The van der Waals surface area contributed by atoms with Gasteiger partial charge in [0, 0.05) is 0 Å². The molecule has 0 bridgehead atoms. The van der Waals surface area contributed by atoms with Gasteiger partial charge in [0.1, 0.15) is 0 Å². The van der Waals surface area contributed by atoms with Crippen molar-refractivity contribution in [3.63, 3.8) is 0 Å². The van der Waals surface area contributed by atoms with Crippen LogP contribution in [0, 0.1) is 0 Å². The maximum absolute atomic E-state index is 11.7. The third-order valence-electron chi connectivity index (χ3n) is 1.16. The van der Waals surface area contributed by atoms with E-state index in [9.17, 15) is 21.6 Å². The van der Waals surface area contributed by atoms with Crippen molar-refractivity contribution in [3.05, 3.63) is 0 Å². The van der Waals surface area contributed by atoms with Gasteiger partial charge in [0.25, 0.3) is 0 Å². The van der Waals surface area contributed by atoms with Crippen molar-refractivity contribution in [3.8, 4) is 0 Å². The third-order valence-corrected chi connectivity index (χ3v) is 3.19. The van der Waals surface area contributed by atoms with E-state index < -0.39 is 22.2 Å². The number of rotatable bonds is 6. The summed E-state index contributed by atoms with van der Waals surface area (Å²) in [6, 6.07) is 0. The number of thioether (sulfide) groups is 1. The Morgan fingerprint density at radius 1 is 1.36 bits per heavy atom. The van der Waals surface area contributed by atoms with Gasteiger partial charge in [-0.1, -0.05) is 6.92 Å². The fraction of sp³-hybridized carbons (Fsp3) is 1.00. The van der Waals surface area contributed by atoms with Gasteiger partial charge in [-0.05, 0) is 17.9 Å². The first-order valence-electron chi connectivity index (χ1n) is 3.84. The minimum Gasteiger partial charge on any atom is -0.263 e. The summed E-state index contributed by atoms with van der Waals surface area (Å²) in [5, 5.41) is 0. The standard InChI is InChI=1S/C6H11F3O3S2/c1-2-13-5-3-4-12-14(10,11)6(7,8)9/h2-5H2,1H3. The van der Waals surface area contributed by atoms with E-state index in [1.165, 1.54) is 11.8 Å². The SMILES string of the molecule is CCSCCCOS(=O)(=O)C(F)(F)F. The van der Waals surface area contributed by atoms with Crippen LogP contribution in [0.5, 0.6) is 0 Å². The van der Waals surface area contributed by atoms with Crippen LogP contribution in [-0.2, 0) is 14.3 Å². The molecule has 14 heavy (non-hydrogen) atoms. The summed E-state index contributed by atoms with van der Waals surface area (Å²) in [5.74, 6) is 1.43. The Kier molecular flexibility index (Phi) is 5.84. The van der Waals surface area contributed by atoms with Gasteiger partial charge in [-0.25, -0.2) is 0 Å². The van der Waals surface area contributed by atoms with E-state index >= 15 is 0 Å². The van der Waals surface area contributed by atoms with Crippen LogP contribution >= 0.6 is 11.8 Å². The molecule has 0 N–H and O–H groups in total. The molecule has 8 heteroatoms. The first-order chi connectivity index (χ1) is 6.31. The number of halogens is 3. The Labute approximate surface area is 85.1 Å². The predicted molar refractivity (Wildman–Crippen MR) is 48.5 cm³/mol. The van der Waals surface area contributed by atoms with Crippen LogP contribution in [-0.4, -0.2) is 32.0 Å².